The van der Waals surface area contributed by atoms with Gasteiger partial charge in [0.25, 0.3) is 0 Å². The van der Waals surface area contributed by atoms with E-state index in [4.69, 9.17) is 4.74 Å². The molecule has 0 spiro atoms. The topological polar surface area (TPSA) is 21.3 Å². The summed E-state index contributed by atoms with van der Waals surface area (Å²) in [6.45, 7) is 2.77. The minimum absolute atomic E-state index is 0.251. The van der Waals surface area contributed by atoms with Gasteiger partial charge in [-0.3, -0.25) is 0 Å². The summed E-state index contributed by atoms with van der Waals surface area (Å²) in [6, 6.07) is 8.62. The fraction of sp³-hybridized carbons (Fsp3) is 0.231. The van der Waals surface area contributed by atoms with Crippen LogP contribution >= 0.6 is 27.3 Å². The van der Waals surface area contributed by atoms with Crippen LogP contribution < -0.4 is 10.1 Å². The van der Waals surface area contributed by atoms with E-state index in [1.54, 1.807) is 11.3 Å². The van der Waals surface area contributed by atoms with E-state index in [-0.39, 0.29) is 6.04 Å². The Balaban J connectivity index is 1.89. The average molecular weight is 310 g/mol. The van der Waals surface area contributed by atoms with Gasteiger partial charge < -0.3 is 10.1 Å². The number of hydrogen-bond donors (Lipinski definition) is 1. The van der Waals surface area contributed by atoms with Gasteiger partial charge in [0, 0.05) is 14.7 Å². The molecule has 2 heterocycles. The Morgan fingerprint density at radius 3 is 3.06 bits per heavy atom. The van der Waals surface area contributed by atoms with Crippen molar-refractivity contribution in [3.63, 3.8) is 0 Å². The Morgan fingerprint density at radius 2 is 2.29 bits per heavy atom. The van der Waals surface area contributed by atoms with E-state index >= 15 is 0 Å². The Morgan fingerprint density at radius 1 is 1.41 bits per heavy atom. The van der Waals surface area contributed by atoms with Crippen LogP contribution in [0.1, 0.15) is 16.5 Å². The van der Waals surface area contributed by atoms with Crippen LogP contribution in [0.15, 0.2) is 34.1 Å². The van der Waals surface area contributed by atoms with Crippen LogP contribution in [0.5, 0.6) is 5.75 Å². The van der Waals surface area contributed by atoms with Gasteiger partial charge in [0.1, 0.15) is 12.4 Å². The van der Waals surface area contributed by atoms with Gasteiger partial charge in [-0.25, -0.2) is 0 Å². The van der Waals surface area contributed by atoms with Crippen LogP contribution in [0.3, 0.4) is 0 Å². The fourth-order valence-electron chi connectivity index (χ4n) is 1.95. The van der Waals surface area contributed by atoms with Gasteiger partial charge in [0.05, 0.1) is 11.7 Å². The SMILES string of the molecule is Cc1ccc2c(c1)NC(c1cc(Br)cs1)CO2. The number of anilines is 1. The minimum atomic E-state index is 0.251. The number of halogens is 1. The highest BCUT2D eigenvalue weighted by Crippen LogP contribution is 2.36. The third kappa shape index (κ3) is 2.19. The number of thiophene rings is 1. The number of fused-ring (bicyclic) bond motifs is 1. The van der Waals surface area contributed by atoms with Gasteiger partial charge in [-0.1, -0.05) is 6.07 Å². The van der Waals surface area contributed by atoms with Gasteiger partial charge >= 0.3 is 0 Å². The molecule has 0 saturated heterocycles. The molecule has 17 heavy (non-hydrogen) atoms. The summed E-state index contributed by atoms with van der Waals surface area (Å²) in [4.78, 5) is 1.30. The zero-order chi connectivity index (χ0) is 11.8. The van der Waals surface area contributed by atoms with Crippen LogP contribution in [0.2, 0.25) is 0 Å². The second-order valence-corrected chi connectivity index (χ2v) is 6.03. The molecule has 1 N–H and O–H groups in total. The summed E-state index contributed by atoms with van der Waals surface area (Å²) >= 11 is 5.23. The molecule has 0 aliphatic carbocycles. The lowest BCUT2D eigenvalue weighted by Crippen LogP contribution is -2.23. The molecule has 0 saturated carbocycles. The van der Waals surface area contributed by atoms with Crippen LogP contribution in [-0.2, 0) is 0 Å². The van der Waals surface area contributed by atoms with Crippen LogP contribution in [-0.4, -0.2) is 6.61 Å². The summed E-state index contributed by atoms with van der Waals surface area (Å²) in [5.74, 6) is 0.947. The minimum Gasteiger partial charge on any atom is -0.489 e. The molecule has 1 aliphatic rings. The molecule has 4 heteroatoms. The summed E-state index contributed by atoms with van der Waals surface area (Å²) in [6.07, 6.45) is 0. The highest BCUT2D eigenvalue weighted by molar-refractivity contribution is 9.10. The zero-order valence-corrected chi connectivity index (χ0v) is 11.8. The first kappa shape index (κ1) is 11.1. The Labute approximate surface area is 113 Å². The normalized spacial score (nSPS) is 18.1. The molecule has 3 rings (SSSR count). The lowest BCUT2D eigenvalue weighted by Gasteiger charge is -2.27. The molecule has 1 aromatic heterocycles. The molecular formula is C13H12BrNOS. The molecule has 0 fully saturated rings. The zero-order valence-electron chi connectivity index (χ0n) is 9.37. The van der Waals surface area contributed by atoms with E-state index in [0.717, 1.165) is 15.9 Å². The largest absolute Gasteiger partial charge is 0.489 e. The quantitative estimate of drug-likeness (QED) is 0.845. The summed E-state index contributed by atoms with van der Waals surface area (Å²) in [5, 5.41) is 5.63. The van der Waals surface area contributed by atoms with E-state index < -0.39 is 0 Å². The Hall–Kier alpha value is -1.000. The third-order valence-corrected chi connectivity index (χ3v) is 4.61. The fourth-order valence-corrected chi connectivity index (χ4v) is 3.43. The van der Waals surface area contributed by atoms with Crippen molar-refractivity contribution >= 4 is 33.0 Å². The van der Waals surface area contributed by atoms with Crippen molar-refractivity contribution in [2.24, 2.45) is 0 Å². The van der Waals surface area contributed by atoms with Gasteiger partial charge in [-0.2, -0.15) is 0 Å². The predicted octanol–water partition coefficient (Wildman–Crippen LogP) is 4.36. The number of hydrogen-bond acceptors (Lipinski definition) is 3. The van der Waals surface area contributed by atoms with Crippen molar-refractivity contribution in [2.75, 3.05) is 11.9 Å². The van der Waals surface area contributed by atoms with E-state index in [2.05, 4.69) is 51.7 Å². The summed E-state index contributed by atoms with van der Waals surface area (Å²) < 4.78 is 6.92. The van der Waals surface area contributed by atoms with Crippen molar-refractivity contribution in [3.05, 3.63) is 44.6 Å². The monoisotopic (exact) mass is 309 g/mol. The average Bonchev–Trinajstić information content (AvgIpc) is 2.75. The van der Waals surface area contributed by atoms with Gasteiger partial charge in [-0.15, -0.1) is 11.3 Å². The van der Waals surface area contributed by atoms with Crippen molar-refractivity contribution in [3.8, 4) is 5.75 Å². The first-order valence-corrected chi connectivity index (χ1v) is 7.13. The van der Waals surface area contributed by atoms with E-state index in [0.29, 0.717) is 6.61 Å². The van der Waals surface area contributed by atoms with E-state index in [9.17, 15) is 0 Å². The molecule has 2 aromatic rings. The first-order valence-electron chi connectivity index (χ1n) is 5.46. The van der Waals surface area contributed by atoms with E-state index in [1.807, 2.05) is 6.07 Å². The van der Waals surface area contributed by atoms with Crippen LogP contribution in [0.4, 0.5) is 5.69 Å². The molecule has 2 nitrogen and oxygen atoms in total. The van der Waals surface area contributed by atoms with Crippen molar-refractivity contribution in [1.82, 2.24) is 0 Å². The van der Waals surface area contributed by atoms with Gasteiger partial charge in [0.15, 0.2) is 0 Å². The highest BCUT2D eigenvalue weighted by atomic mass is 79.9. The number of rotatable bonds is 1. The highest BCUT2D eigenvalue weighted by Gasteiger charge is 2.21. The number of ether oxygens (including phenoxy) is 1. The second-order valence-electron chi connectivity index (χ2n) is 4.17. The Kier molecular flexibility index (Phi) is 2.84. The van der Waals surface area contributed by atoms with Gasteiger partial charge in [-0.05, 0) is 46.6 Å². The number of aryl methyl sites for hydroxylation is 1. The number of nitrogens with one attached hydrogen (secondary N) is 1. The van der Waals surface area contributed by atoms with Gasteiger partial charge in [0.2, 0.25) is 0 Å². The molecular weight excluding hydrogens is 298 g/mol. The smallest absolute Gasteiger partial charge is 0.142 e. The molecule has 0 amide bonds. The van der Waals surface area contributed by atoms with Crippen LogP contribution in [0, 0.1) is 6.92 Å². The first-order chi connectivity index (χ1) is 8.22. The summed E-state index contributed by atoms with van der Waals surface area (Å²) in [5.41, 5.74) is 2.33. The maximum absolute atomic E-state index is 5.78. The second kappa shape index (κ2) is 4.35. The molecule has 1 atom stereocenters. The Bertz CT molecular complexity index is 552. The maximum atomic E-state index is 5.78. The van der Waals surface area contributed by atoms with E-state index in [1.165, 1.54) is 10.4 Å². The lowest BCUT2D eigenvalue weighted by atomic mass is 10.1. The molecule has 0 bridgehead atoms. The molecule has 0 radical (unpaired) electrons. The molecule has 88 valence electrons. The predicted molar refractivity (Wildman–Crippen MR) is 75.1 cm³/mol. The maximum Gasteiger partial charge on any atom is 0.142 e. The lowest BCUT2D eigenvalue weighted by molar-refractivity contribution is 0.288. The molecule has 1 aromatic carbocycles. The summed E-state index contributed by atoms with van der Waals surface area (Å²) in [7, 11) is 0. The third-order valence-electron chi connectivity index (χ3n) is 2.80. The molecule has 1 aliphatic heterocycles. The molecule has 1 unspecified atom stereocenters. The standard InChI is InChI=1S/C13H12BrNOS/c1-8-2-3-12-10(4-8)15-11(6-16-12)13-5-9(14)7-17-13/h2-5,7,11,15H,6H2,1H3. The van der Waals surface area contributed by atoms with Crippen LogP contribution in [0.25, 0.3) is 0 Å². The van der Waals surface area contributed by atoms with Crippen molar-refractivity contribution in [1.29, 1.82) is 0 Å². The number of benzene rings is 1. The van der Waals surface area contributed by atoms with Crippen molar-refractivity contribution in [2.45, 2.75) is 13.0 Å². The van der Waals surface area contributed by atoms with Crippen molar-refractivity contribution < 1.29 is 4.74 Å².